The Kier molecular flexibility index (Phi) is 6.73. The van der Waals surface area contributed by atoms with E-state index in [4.69, 9.17) is 22.7 Å². The highest BCUT2D eigenvalue weighted by molar-refractivity contribution is 7.89. The molecule has 1 aromatic rings. The highest BCUT2D eigenvalue weighted by atomic mass is 32.2. The second-order valence-corrected chi connectivity index (χ2v) is 7.60. The Labute approximate surface area is 132 Å². The zero-order valence-corrected chi connectivity index (χ0v) is 14.2. The van der Waals surface area contributed by atoms with E-state index in [9.17, 15) is 8.42 Å². The van der Waals surface area contributed by atoms with Crippen molar-refractivity contribution in [2.45, 2.75) is 31.3 Å². The lowest BCUT2D eigenvalue weighted by Crippen LogP contribution is -2.30. The van der Waals surface area contributed by atoms with Crippen LogP contribution in [0.5, 0.6) is 0 Å². The maximum Gasteiger partial charge on any atom is 0.242 e. The lowest BCUT2D eigenvalue weighted by molar-refractivity contribution is 0.0737. The predicted octanol–water partition coefficient (Wildman–Crippen LogP) is 1.56. The molecule has 1 rings (SSSR count). The summed E-state index contributed by atoms with van der Waals surface area (Å²) < 4.78 is 31.4. The minimum absolute atomic E-state index is 0.0838. The summed E-state index contributed by atoms with van der Waals surface area (Å²) >= 11 is 4.83. The van der Waals surface area contributed by atoms with Crippen LogP contribution in [0.15, 0.2) is 29.2 Å². The standard InChI is InChI=1S/C14H22N2O3S2/c1-11(2)19-9-8-16(3)21(17,18)13-6-4-12(5-7-13)10-14(15)20/h4-7,11H,8-10H2,1-3H3,(H2,15,20). The number of rotatable bonds is 8. The molecular formula is C14H22N2O3S2. The number of sulfonamides is 1. The average Bonchev–Trinajstić information content (AvgIpc) is 2.38. The molecule has 7 heteroatoms. The first-order valence-electron chi connectivity index (χ1n) is 6.68. The molecule has 0 saturated heterocycles. The van der Waals surface area contributed by atoms with Gasteiger partial charge in [-0.2, -0.15) is 4.31 Å². The van der Waals surface area contributed by atoms with Crippen molar-refractivity contribution in [1.29, 1.82) is 0 Å². The molecule has 0 radical (unpaired) electrons. The monoisotopic (exact) mass is 330 g/mol. The van der Waals surface area contributed by atoms with Crippen LogP contribution in [0.3, 0.4) is 0 Å². The van der Waals surface area contributed by atoms with Gasteiger partial charge in [0.2, 0.25) is 10.0 Å². The van der Waals surface area contributed by atoms with Gasteiger partial charge in [0.05, 0.1) is 22.6 Å². The van der Waals surface area contributed by atoms with Gasteiger partial charge in [-0.05, 0) is 31.5 Å². The fourth-order valence-corrected chi connectivity index (χ4v) is 3.02. The largest absolute Gasteiger partial charge is 0.393 e. The maximum atomic E-state index is 12.4. The lowest BCUT2D eigenvalue weighted by Gasteiger charge is -2.18. The highest BCUT2D eigenvalue weighted by Gasteiger charge is 2.20. The minimum atomic E-state index is -3.49. The van der Waals surface area contributed by atoms with E-state index in [1.807, 2.05) is 13.8 Å². The van der Waals surface area contributed by atoms with Gasteiger partial charge in [0.15, 0.2) is 0 Å². The highest BCUT2D eigenvalue weighted by Crippen LogP contribution is 2.15. The molecule has 0 atom stereocenters. The summed E-state index contributed by atoms with van der Waals surface area (Å²) in [5, 5.41) is 0. The molecule has 0 heterocycles. The zero-order valence-electron chi connectivity index (χ0n) is 12.6. The van der Waals surface area contributed by atoms with Gasteiger partial charge in [0, 0.05) is 20.0 Å². The third kappa shape index (κ3) is 5.70. The number of thiocarbonyl (C=S) groups is 1. The van der Waals surface area contributed by atoms with Crippen molar-refractivity contribution in [3.63, 3.8) is 0 Å². The van der Waals surface area contributed by atoms with Gasteiger partial charge in [-0.15, -0.1) is 0 Å². The second kappa shape index (κ2) is 7.84. The summed E-state index contributed by atoms with van der Waals surface area (Å²) in [5.41, 5.74) is 6.36. The Morgan fingerprint density at radius 2 is 1.90 bits per heavy atom. The Balaban J connectivity index is 2.75. The van der Waals surface area contributed by atoms with E-state index in [0.717, 1.165) is 5.56 Å². The maximum absolute atomic E-state index is 12.4. The fraction of sp³-hybridized carbons (Fsp3) is 0.500. The van der Waals surface area contributed by atoms with Gasteiger partial charge in [-0.25, -0.2) is 8.42 Å². The van der Waals surface area contributed by atoms with E-state index in [1.165, 1.54) is 4.31 Å². The first-order valence-corrected chi connectivity index (χ1v) is 8.53. The van der Waals surface area contributed by atoms with Crippen molar-refractivity contribution in [3.8, 4) is 0 Å². The molecule has 0 saturated carbocycles. The van der Waals surface area contributed by atoms with Crippen molar-refractivity contribution in [2.24, 2.45) is 5.73 Å². The molecule has 0 unspecified atom stereocenters. The van der Waals surface area contributed by atoms with E-state index in [0.29, 0.717) is 24.6 Å². The quantitative estimate of drug-likeness (QED) is 0.732. The van der Waals surface area contributed by atoms with Crippen molar-refractivity contribution in [3.05, 3.63) is 29.8 Å². The summed E-state index contributed by atoms with van der Waals surface area (Å²) in [6.07, 6.45) is 0.550. The number of ether oxygens (including phenoxy) is 1. The van der Waals surface area contributed by atoms with Gasteiger partial charge in [-0.1, -0.05) is 24.4 Å². The molecule has 1 aromatic carbocycles. The molecular weight excluding hydrogens is 308 g/mol. The predicted molar refractivity (Wildman–Crippen MR) is 87.8 cm³/mol. The zero-order chi connectivity index (χ0) is 16.0. The Hall–Kier alpha value is -1.02. The molecule has 118 valence electrons. The Bertz CT molecular complexity index is 568. The number of nitrogens with zero attached hydrogens (tertiary/aromatic N) is 1. The molecule has 21 heavy (non-hydrogen) atoms. The van der Waals surface area contributed by atoms with Crippen LogP contribution in [0.25, 0.3) is 0 Å². The van der Waals surface area contributed by atoms with Crippen LogP contribution in [-0.4, -0.2) is 44.0 Å². The average molecular weight is 330 g/mol. The molecule has 0 aliphatic carbocycles. The number of hydrogen-bond donors (Lipinski definition) is 1. The van der Waals surface area contributed by atoms with E-state index in [-0.39, 0.29) is 11.0 Å². The third-order valence-electron chi connectivity index (χ3n) is 2.87. The molecule has 0 amide bonds. The SMILES string of the molecule is CC(C)OCCN(C)S(=O)(=O)c1ccc(CC(N)=S)cc1. The molecule has 0 aliphatic rings. The molecule has 2 N–H and O–H groups in total. The van der Waals surface area contributed by atoms with Crippen LogP contribution in [0.4, 0.5) is 0 Å². The van der Waals surface area contributed by atoms with Crippen LogP contribution < -0.4 is 5.73 Å². The van der Waals surface area contributed by atoms with E-state index < -0.39 is 10.0 Å². The Morgan fingerprint density at radius 3 is 2.38 bits per heavy atom. The van der Waals surface area contributed by atoms with E-state index in [1.54, 1.807) is 31.3 Å². The first-order chi connectivity index (χ1) is 9.73. The molecule has 0 fully saturated rings. The molecule has 0 aliphatic heterocycles. The third-order valence-corrected chi connectivity index (χ3v) is 4.88. The summed E-state index contributed by atoms with van der Waals surface area (Å²) in [5.74, 6) is 0. The van der Waals surface area contributed by atoms with Crippen molar-refractivity contribution >= 4 is 27.2 Å². The van der Waals surface area contributed by atoms with Gasteiger partial charge < -0.3 is 10.5 Å². The summed E-state index contributed by atoms with van der Waals surface area (Å²) in [7, 11) is -1.95. The van der Waals surface area contributed by atoms with E-state index >= 15 is 0 Å². The number of hydrogen-bond acceptors (Lipinski definition) is 4. The lowest BCUT2D eigenvalue weighted by atomic mass is 10.1. The minimum Gasteiger partial charge on any atom is -0.393 e. The van der Waals surface area contributed by atoms with Gasteiger partial charge in [-0.3, -0.25) is 0 Å². The van der Waals surface area contributed by atoms with Gasteiger partial charge >= 0.3 is 0 Å². The van der Waals surface area contributed by atoms with Crippen LogP contribution in [0.2, 0.25) is 0 Å². The number of nitrogens with two attached hydrogens (primary N) is 1. The Morgan fingerprint density at radius 1 is 1.33 bits per heavy atom. The van der Waals surface area contributed by atoms with Gasteiger partial charge in [0.25, 0.3) is 0 Å². The normalized spacial score (nSPS) is 12.0. The molecule has 0 spiro atoms. The van der Waals surface area contributed by atoms with Crippen molar-refractivity contribution in [2.75, 3.05) is 20.2 Å². The molecule has 0 aromatic heterocycles. The fourth-order valence-electron chi connectivity index (χ4n) is 1.70. The number of likely N-dealkylation sites (N-methyl/N-ethyl adjacent to an activating group) is 1. The van der Waals surface area contributed by atoms with Crippen molar-refractivity contribution < 1.29 is 13.2 Å². The van der Waals surface area contributed by atoms with E-state index in [2.05, 4.69) is 0 Å². The topological polar surface area (TPSA) is 72.6 Å². The molecule has 5 nitrogen and oxygen atoms in total. The first kappa shape index (κ1) is 18.0. The summed E-state index contributed by atoms with van der Waals surface area (Å²) in [6.45, 7) is 4.51. The van der Waals surface area contributed by atoms with Crippen LogP contribution in [0, 0.1) is 0 Å². The van der Waals surface area contributed by atoms with Crippen LogP contribution in [0.1, 0.15) is 19.4 Å². The van der Waals surface area contributed by atoms with Crippen LogP contribution in [-0.2, 0) is 21.2 Å². The van der Waals surface area contributed by atoms with Crippen LogP contribution >= 0.6 is 12.2 Å². The molecule has 0 bridgehead atoms. The van der Waals surface area contributed by atoms with Crippen molar-refractivity contribution in [1.82, 2.24) is 4.31 Å². The summed E-state index contributed by atoms with van der Waals surface area (Å²) in [4.78, 5) is 0.634. The van der Waals surface area contributed by atoms with Gasteiger partial charge in [0.1, 0.15) is 0 Å². The number of benzene rings is 1. The second-order valence-electron chi connectivity index (χ2n) is 5.03. The summed E-state index contributed by atoms with van der Waals surface area (Å²) in [6, 6.07) is 6.60. The smallest absolute Gasteiger partial charge is 0.242 e.